The highest BCUT2D eigenvalue weighted by atomic mass is 16.7. The molecule has 0 amide bonds. The van der Waals surface area contributed by atoms with Gasteiger partial charge in [0.05, 0.1) is 12.5 Å². The number of carbonyl (C=O) groups is 1. The molecule has 3 heteroatoms. The van der Waals surface area contributed by atoms with Crippen LogP contribution in [0.4, 0.5) is 0 Å². The van der Waals surface area contributed by atoms with Crippen LogP contribution in [0, 0.1) is 35.5 Å². The number of rotatable bonds is 5. The molecule has 0 saturated heterocycles. The predicted octanol–water partition coefficient (Wildman–Crippen LogP) is 3.23. The van der Waals surface area contributed by atoms with E-state index in [1.165, 1.54) is 32.1 Å². The summed E-state index contributed by atoms with van der Waals surface area (Å²) in [6.45, 7) is 4.63. The second kappa shape index (κ2) is 5.43. The van der Waals surface area contributed by atoms with Crippen molar-refractivity contribution in [3.05, 3.63) is 0 Å². The molecular weight excluding hydrogens is 240 g/mol. The molecule has 0 aromatic carbocycles. The van der Waals surface area contributed by atoms with Crippen molar-refractivity contribution in [1.82, 2.24) is 0 Å². The van der Waals surface area contributed by atoms with E-state index in [1.54, 1.807) is 0 Å². The van der Waals surface area contributed by atoms with Crippen molar-refractivity contribution in [3.8, 4) is 0 Å². The summed E-state index contributed by atoms with van der Waals surface area (Å²) in [4.78, 5) is 11.3. The van der Waals surface area contributed by atoms with Crippen LogP contribution < -0.4 is 0 Å². The molecule has 0 radical (unpaired) electrons. The monoisotopic (exact) mass is 266 g/mol. The molecule has 4 fully saturated rings. The Labute approximate surface area is 116 Å². The number of hydrogen-bond donors (Lipinski definition) is 0. The van der Waals surface area contributed by atoms with Gasteiger partial charge in [0.2, 0.25) is 0 Å². The summed E-state index contributed by atoms with van der Waals surface area (Å²) >= 11 is 0. The maximum absolute atomic E-state index is 11.3. The Kier molecular flexibility index (Phi) is 3.84. The Hall–Kier alpha value is -0.570. The van der Waals surface area contributed by atoms with Crippen molar-refractivity contribution < 1.29 is 14.3 Å². The Balaban J connectivity index is 1.42. The average Bonchev–Trinajstić information content (AvgIpc) is 2.35. The zero-order valence-corrected chi connectivity index (χ0v) is 12.1. The van der Waals surface area contributed by atoms with E-state index in [4.69, 9.17) is 9.47 Å². The summed E-state index contributed by atoms with van der Waals surface area (Å²) in [7, 11) is 0. The van der Waals surface area contributed by atoms with Crippen molar-refractivity contribution in [2.75, 3.05) is 13.4 Å². The lowest BCUT2D eigenvalue weighted by molar-refractivity contribution is -0.164. The fraction of sp³-hybridized carbons (Fsp3) is 0.938. The molecular formula is C16H26O3. The molecule has 3 nitrogen and oxygen atoms in total. The summed E-state index contributed by atoms with van der Waals surface area (Å²) in [5.74, 6) is 4.30. The summed E-state index contributed by atoms with van der Waals surface area (Å²) in [5, 5.41) is 0. The third-order valence-electron chi connectivity index (χ3n) is 5.49. The number of ether oxygens (including phenoxy) is 2. The smallest absolute Gasteiger partial charge is 0.310 e. The molecule has 4 bridgehead atoms. The molecule has 0 atom stereocenters. The van der Waals surface area contributed by atoms with Gasteiger partial charge in [0.1, 0.15) is 0 Å². The van der Waals surface area contributed by atoms with Crippen LogP contribution in [0.2, 0.25) is 0 Å². The van der Waals surface area contributed by atoms with Crippen LogP contribution in [-0.2, 0) is 14.3 Å². The van der Waals surface area contributed by atoms with Crippen molar-refractivity contribution in [3.63, 3.8) is 0 Å². The van der Waals surface area contributed by atoms with E-state index in [2.05, 4.69) is 0 Å². The van der Waals surface area contributed by atoms with Crippen molar-refractivity contribution in [2.45, 2.75) is 46.0 Å². The first kappa shape index (κ1) is 13.4. The first-order valence-corrected chi connectivity index (χ1v) is 7.88. The molecule has 19 heavy (non-hydrogen) atoms. The van der Waals surface area contributed by atoms with Crippen molar-refractivity contribution in [1.29, 1.82) is 0 Å². The van der Waals surface area contributed by atoms with Crippen LogP contribution >= 0.6 is 0 Å². The van der Waals surface area contributed by atoms with Gasteiger partial charge in [0.15, 0.2) is 6.79 Å². The molecule has 0 N–H and O–H groups in total. The van der Waals surface area contributed by atoms with Gasteiger partial charge in [-0.2, -0.15) is 0 Å². The van der Waals surface area contributed by atoms with Crippen LogP contribution in [-0.4, -0.2) is 19.4 Å². The van der Waals surface area contributed by atoms with E-state index in [0.717, 1.165) is 36.2 Å². The third-order valence-corrected chi connectivity index (χ3v) is 5.49. The second-order valence-corrected chi connectivity index (χ2v) is 7.20. The van der Waals surface area contributed by atoms with E-state index in [1.807, 2.05) is 13.8 Å². The molecule has 0 aliphatic heterocycles. The molecule has 0 aromatic rings. The molecule has 0 unspecified atom stereocenters. The minimum Gasteiger partial charge on any atom is -0.438 e. The highest BCUT2D eigenvalue weighted by Crippen LogP contribution is 2.56. The van der Waals surface area contributed by atoms with E-state index < -0.39 is 0 Å². The second-order valence-electron chi connectivity index (χ2n) is 7.20. The first-order chi connectivity index (χ1) is 9.13. The van der Waals surface area contributed by atoms with Gasteiger partial charge in [-0.1, -0.05) is 13.8 Å². The van der Waals surface area contributed by atoms with E-state index in [9.17, 15) is 4.79 Å². The fourth-order valence-corrected chi connectivity index (χ4v) is 4.76. The van der Waals surface area contributed by atoms with Gasteiger partial charge in [-0.25, -0.2) is 0 Å². The zero-order chi connectivity index (χ0) is 13.4. The van der Waals surface area contributed by atoms with Gasteiger partial charge >= 0.3 is 5.97 Å². The lowest BCUT2D eigenvalue weighted by Crippen LogP contribution is -2.46. The number of hydrogen-bond acceptors (Lipinski definition) is 3. The fourth-order valence-electron chi connectivity index (χ4n) is 4.76. The van der Waals surface area contributed by atoms with E-state index in [-0.39, 0.29) is 18.7 Å². The lowest BCUT2D eigenvalue weighted by Gasteiger charge is -2.54. The molecule has 4 aliphatic rings. The standard InChI is InChI=1S/C16H26O3/c1-10(2)16(17)19-9-18-8-15-13-4-11-3-12(6-13)7-14(15)5-11/h10-15H,3-9H2,1-2H3. The van der Waals surface area contributed by atoms with E-state index >= 15 is 0 Å². The summed E-state index contributed by atoms with van der Waals surface area (Å²) < 4.78 is 10.7. The average molecular weight is 266 g/mol. The quantitative estimate of drug-likeness (QED) is 0.435. The van der Waals surface area contributed by atoms with Crippen LogP contribution in [0.15, 0.2) is 0 Å². The maximum atomic E-state index is 11.3. The molecule has 4 rings (SSSR count). The SMILES string of the molecule is CC(C)C(=O)OCOCC1C2CC3CC(C2)CC1C3. The van der Waals surface area contributed by atoms with Crippen LogP contribution in [0.5, 0.6) is 0 Å². The number of carbonyl (C=O) groups excluding carboxylic acids is 1. The summed E-state index contributed by atoms with van der Waals surface area (Å²) in [6.07, 6.45) is 7.19. The van der Waals surface area contributed by atoms with E-state index in [0.29, 0.717) is 0 Å². The summed E-state index contributed by atoms with van der Waals surface area (Å²) in [6, 6.07) is 0. The van der Waals surface area contributed by atoms with Crippen molar-refractivity contribution >= 4 is 5.97 Å². The normalized spacial score (nSPS) is 39.8. The predicted molar refractivity (Wildman–Crippen MR) is 72.3 cm³/mol. The van der Waals surface area contributed by atoms with Gasteiger partial charge in [-0.05, 0) is 61.7 Å². The zero-order valence-electron chi connectivity index (χ0n) is 12.1. The highest BCUT2D eigenvalue weighted by molar-refractivity contribution is 5.71. The van der Waals surface area contributed by atoms with Crippen LogP contribution in [0.25, 0.3) is 0 Å². The largest absolute Gasteiger partial charge is 0.438 e. The Morgan fingerprint density at radius 1 is 1.05 bits per heavy atom. The minimum atomic E-state index is -0.162. The Bertz CT molecular complexity index is 309. The van der Waals surface area contributed by atoms with Gasteiger partial charge < -0.3 is 9.47 Å². The topological polar surface area (TPSA) is 35.5 Å². The van der Waals surface area contributed by atoms with Crippen LogP contribution in [0.1, 0.15) is 46.0 Å². The van der Waals surface area contributed by atoms with Gasteiger partial charge in [0, 0.05) is 0 Å². The first-order valence-electron chi connectivity index (χ1n) is 7.88. The molecule has 0 spiro atoms. The van der Waals surface area contributed by atoms with Gasteiger partial charge in [-0.15, -0.1) is 0 Å². The molecule has 0 heterocycles. The lowest BCUT2D eigenvalue weighted by atomic mass is 9.52. The molecule has 108 valence electrons. The van der Waals surface area contributed by atoms with Gasteiger partial charge in [0.25, 0.3) is 0 Å². The highest BCUT2D eigenvalue weighted by Gasteiger charge is 2.47. The van der Waals surface area contributed by atoms with Crippen LogP contribution in [0.3, 0.4) is 0 Å². The minimum absolute atomic E-state index is 0.0650. The summed E-state index contributed by atoms with van der Waals surface area (Å²) in [5.41, 5.74) is 0. The molecule has 4 saturated carbocycles. The third kappa shape index (κ3) is 2.81. The molecule has 0 aromatic heterocycles. The Morgan fingerprint density at radius 3 is 2.16 bits per heavy atom. The Morgan fingerprint density at radius 2 is 1.63 bits per heavy atom. The number of esters is 1. The maximum Gasteiger partial charge on any atom is 0.310 e. The van der Waals surface area contributed by atoms with Crippen molar-refractivity contribution in [2.24, 2.45) is 35.5 Å². The van der Waals surface area contributed by atoms with Gasteiger partial charge in [-0.3, -0.25) is 4.79 Å². The molecule has 4 aliphatic carbocycles.